The number of rotatable bonds is 17. The van der Waals surface area contributed by atoms with Crippen LogP contribution in [0.15, 0.2) is 24.3 Å². The van der Waals surface area contributed by atoms with Crippen LogP contribution in [-0.2, 0) is 17.6 Å². The Labute approximate surface area is 163 Å². The van der Waals surface area contributed by atoms with Gasteiger partial charge in [-0.05, 0) is 55.6 Å². The molecule has 150 valence electrons. The summed E-state index contributed by atoms with van der Waals surface area (Å²) in [5, 5.41) is 0. The van der Waals surface area contributed by atoms with Crippen LogP contribution < -0.4 is 0 Å². The molecule has 1 aromatic carbocycles. The van der Waals surface area contributed by atoms with Gasteiger partial charge in [-0.15, -0.1) is 0 Å². The van der Waals surface area contributed by atoms with Gasteiger partial charge in [0, 0.05) is 13.2 Å². The normalized spacial score (nSPS) is 11.4. The number of unbranched alkanes of at least 4 members (excludes halogenated alkanes) is 7. The minimum absolute atomic E-state index is 0.860. The summed E-state index contributed by atoms with van der Waals surface area (Å²) in [6.45, 7) is 8.79. The molecular formula is C25H44O. The summed E-state index contributed by atoms with van der Waals surface area (Å²) in [5.74, 6) is 0.860. The van der Waals surface area contributed by atoms with E-state index in [0.29, 0.717) is 0 Å². The van der Waals surface area contributed by atoms with Crippen molar-refractivity contribution in [2.45, 2.75) is 104 Å². The topological polar surface area (TPSA) is 9.23 Å². The molecule has 0 fully saturated rings. The lowest BCUT2D eigenvalue weighted by Gasteiger charge is -2.07. The number of hydrogen-bond donors (Lipinski definition) is 0. The smallest absolute Gasteiger partial charge is 0.0466 e. The molecule has 1 aromatic rings. The van der Waals surface area contributed by atoms with E-state index in [2.05, 4.69) is 45.0 Å². The molecule has 1 rings (SSSR count). The predicted octanol–water partition coefficient (Wildman–Crippen LogP) is 7.76. The molecule has 0 aliphatic rings. The van der Waals surface area contributed by atoms with Gasteiger partial charge in [-0.1, -0.05) is 90.0 Å². The van der Waals surface area contributed by atoms with Crippen LogP contribution in [0.25, 0.3) is 0 Å². The second kappa shape index (κ2) is 16.4. The van der Waals surface area contributed by atoms with Gasteiger partial charge in [0.1, 0.15) is 0 Å². The van der Waals surface area contributed by atoms with Gasteiger partial charge < -0.3 is 4.74 Å². The first-order valence-corrected chi connectivity index (χ1v) is 11.4. The molecular weight excluding hydrogens is 316 g/mol. The Kier molecular flexibility index (Phi) is 14.6. The van der Waals surface area contributed by atoms with E-state index < -0.39 is 0 Å². The van der Waals surface area contributed by atoms with Crippen LogP contribution >= 0.6 is 0 Å². The van der Waals surface area contributed by atoms with Crippen molar-refractivity contribution in [3.05, 3.63) is 35.4 Å². The molecule has 0 radical (unpaired) electrons. The quantitative estimate of drug-likeness (QED) is 0.258. The third-order valence-corrected chi connectivity index (χ3v) is 5.13. The van der Waals surface area contributed by atoms with E-state index in [9.17, 15) is 0 Å². The van der Waals surface area contributed by atoms with Crippen molar-refractivity contribution in [3.8, 4) is 0 Å². The van der Waals surface area contributed by atoms with Gasteiger partial charge in [-0.3, -0.25) is 0 Å². The van der Waals surface area contributed by atoms with Crippen LogP contribution in [0.1, 0.15) is 103 Å². The molecule has 0 N–H and O–H groups in total. The Morgan fingerprint density at radius 2 is 1.31 bits per heavy atom. The summed E-state index contributed by atoms with van der Waals surface area (Å²) in [7, 11) is 0. The van der Waals surface area contributed by atoms with Crippen LogP contribution in [-0.4, -0.2) is 13.2 Å². The van der Waals surface area contributed by atoms with E-state index in [1.807, 2.05) is 0 Å². The van der Waals surface area contributed by atoms with Crippen LogP contribution in [0, 0.1) is 5.92 Å². The van der Waals surface area contributed by atoms with E-state index in [0.717, 1.165) is 19.1 Å². The number of aryl methyl sites for hydroxylation is 2. The van der Waals surface area contributed by atoms with E-state index in [-0.39, 0.29) is 0 Å². The lowest BCUT2D eigenvalue weighted by molar-refractivity contribution is 0.126. The molecule has 0 amide bonds. The van der Waals surface area contributed by atoms with E-state index in [1.54, 1.807) is 0 Å². The van der Waals surface area contributed by atoms with Crippen LogP contribution in [0.5, 0.6) is 0 Å². The van der Waals surface area contributed by atoms with E-state index in [4.69, 9.17) is 4.74 Å². The number of benzene rings is 1. The summed E-state index contributed by atoms with van der Waals surface area (Å²) in [5.41, 5.74) is 3.05. The molecule has 0 spiro atoms. The highest BCUT2D eigenvalue weighted by Crippen LogP contribution is 2.14. The van der Waals surface area contributed by atoms with Crippen molar-refractivity contribution in [2.24, 2.45) is 5.92 Å². The SMILES string of the molecule is CCCCCOCCCCCc1cccc(CCCCCCC(C)C)c1. The summed E-state index contributed by atoms with van der Waals surface area (Å²) < 4.78 is 5.69. The largest absolute Gasteiger partial charge is 0.381 e. The van der Waals surface area contributed by atoms with Gasteiger partial charge in [0.05, 0.1) is 0 Å². The Hall–Kier alpha value is -0.820. The maximum atomic E-state index is 5.69. The molecule has 0 saturated heterocycles. The lowest BCUT2D eigenvalue weighted by atomic mass is 10.00. The molecule has 0 bridgehead atoms. The van der Waals surface area contributed by atoms with Crippen LogP contribution in [0.2, 0.25) is 0 Å². The Morgan fingerprint density at radius 3 is 1.92 bits per heavy atom. The zero-order valence-corrected chi connectivity index (χ0v) is 17.9. The van der Waals surface area contributed by atoms with Crippen LogP contribution in [0.3, 0.4) is 0 Å². The minimum Gasteiger partial charge on any atom is -0.381 e. The first-order valence-electron chi connectivity index (χ1n) is 11.4. The first kappa shape index (κ1) is 23.2. The maximum absolute atomic E-state index is 5.69. The van der Waals surface area contributed by atoms with Crippen molar-refractivity contribution in [2.75, 3.05) is 13.2 Å². The monoisotopic (exact) mass is 360 g/mol. The van der Waals surface area contributed by atoms with Gasteiger partial charge in [0.2, 0.25) is 0 Å². The number of ether oxygens (including phenoxy) is 1. The zero-order valence-electron chi connectivity index (χ0n) is 17.9. The highest BCUT2D eigenvalue weighted by molar-refractivity contribution is 5.23. The highest BCUT2D eigenvalue weighted by Gasteiger charge is 1.99. The van der Waals surface area contributed by atoms with Gasteiger partial charge in [0.15, 0.2) is 0 Å². The second-order valence-electron chi connectivity index (χ2n) is 8.30. The van der Waals surface area contributed by atoms with Crippen molar-refractivity contribution < 1.29 is 4.74 Å². The van der Waals surface area contributed by atoms with Crippen LogP contribution in [0.4, 0.5) is 0 Å². The molecule has 1 nitrogen and oxygen atoms in total. The van der Waals surface area contributed by atoms with Crippen molar-refractivity contribution in [1.29, 1.82) is 0 Å². The van der Waals surface area contributed by atoms with Crippen molar-refractivity contribution >= 4 is 0 Å². The molecule has 0 saturated carbocycles. The van der Waals surface area contributed by atoms with Crippen molar-refractivity contribution in [3.63, 3.8) is 0 Å². The first-order chi connectivity index (χ1) is 12.7. The summed E-state index contributed by atoms with van der Waals surface area (Å²) >= 11 is 0. The molecule has 0 aliphatic carbocycles. The molecule has 26 heavy (non-hydrogen) atoms. The summed E-state index contributed by atoms with van der Waals surface area (Å²) in [6, 6.07) is 9.30. The lowest BCUT2D eigenvalue weighted by Crippen LogP contribution is -1.97. The Balaban J connectivity index is 2.05. The van der Waals surface area contributed by atoms with Crippen molar-refractivity contribution in [1.82, 2.24) is 0 Å². The van der Waals surface area contributed by atoms with Gasteiger partial charge >= 0.3 is 0 Å². The molecule has 1 heteroatoms. The molecule has 0 atom stereocenters. The maximum Gasteiger partial charge on any atom is 0.0466 e. The second-order valence-corrected chi connectivity index (χ2v) is 8.30. The third kappa shape index (κ3) is 13.4. The highest BCUT2D eigenvalue weighted by atomic mass is 16.5. The fourth-order valence-corrected chi connectivity index (χ4v) is 3.44. The Morgan fingerprint density at radius 1 is 0.731 bits per heavy atom. The molecule has 0 aromatic heterocycles. The molecule has 0 heterocycles. The summed E-state index contributed by atoms with van der Waals surface area (Å²) in [6.07, 6.45) is 17.0. The fraction of sp³-hybridized carbons (Fsp3) is 0.760. The van der Waals surface area contributed by atoms with Gasteiger partial charge in [-0.2, -0.15) is 0 Å². The fourth-order valence-electron chi connectivity index (χ4n) is 3.44. The number of hydrogen-bond acceptors (Lipinski definition) is 1. The van der Waals surface area contributed by atoms with Gasteiger partial charge in [0.25, 0.3) is 0 Å². The average molecular weight is 361 g/mol. The standard InChI is InChI=1S/C25H44O/c1-4-5-12-20-26-21-13-8-11-17-25-19-14-18-24(22-25)16-10-7-6-9-15-23(2)3/h14,18-19,22-23H,4-13,15-17,20-21H2,1-3H3. The minimum atomic E-state index is 0.860. The predicted molar refractivity (Wildman–Crippen MR) is 116 cm³/mol. The Bertz CT molecular complexity index is 424. The zero-order chi connectivity index (χ0) is 18.9. The van der Waals surface area contributed by atoms with E-state index >= 15 is 0 Å². The van der Waals surface area contributed by atoms with Gasteiger partial charge in [-0.25, -0.2) is 0 Å². The molecule has 0 unspecified atom stereocenters. The average Bonchev–Trinajstić information content (AvgIpc) is 2.63. The third-order valence-electron chi connectivity index (χ3n) is 5.13. The molecule has 0 aliphatic heterocycles. The summed E-state index contributed by atoms with van der Waals surface area (Å²) in [4.78, 5) is 0. The van der Waals surface area contributed by atoms with E-state index in [1.165, 1.54) is 94.6 Å².